The van der Waals surface area contributed by atoms with Gasteiger partial charge in [-0.25, -0.2) is 4.79 Å². The number of benzene rings is 1. The Morgan fingerprint density at radius 1 is 1.38 bits per heavy atom. The summed E-state index contributed by atoms with van der Waals surface area (Å²) in [5.74, 6) is -0.335. The fourth-order valence-electron chi connectivity index (χ4n) is 1.81. The number of esters is 1. The molecule has 0 saturated heterocycles. The maximum absolute atomic E-state index is 11.5. The number of aromatic nitrogens is 1. The molecule has 0 saturated carbocycles. The van der Waals surface area contributed by atoms with Crippen molar-refractivity contribution < 1.29 is 9.53 Å². The van der Waals surface area contributed by atoms with E-state index in [0.717, 1.165) is 26.5 Å². The standard InChI is InChI=1S/C12H12BrNO2/c1-6-4-5-8-9(10(6)13)7(2)11(14-8)12(15)16-3/h4-5,14H,1-3H3. The Morgan fingerprint density at radius 3 is 2.69 bits per heavy atom. The fourth-order valence-corrected chi connectivity index (χ4v) is 2.45. The summed E-state index contributed by atoms with van der Waals surface area (Å²) in [4.78, 5) is 14.6. The van der Waals surface area contributed by atoms with E-state index in [-0.39, 0.29) is 5.97 Å². The molecule has 0 aliphatic heterocycles. The lowest BCUT2D eigenvalue weighted by Crippen LogP contribution is -2.02. The Hall–Kier alpha value is -1.29. The molecule has 16 heavy (non-hydrogen) atoms. The number of H-pyrrole nitrogens is 1. The molecule has 1 N–H and O–H groups in total. The first-order chi connectivity index (χ1) is 7.56. The van der Waals surface area contributed by atoms with Crippen LogP contribution in [0.2, 0.25) is 0 Å². The van der Waals surface area contributed by atoms with Crippen molar-refractivity contribution in [3.05, 3.63) is 33.4 Å². The maximum Gasteiger partial charge on any atom is 0.354 e. The van der Waals surface area contributed by atoms with Gasteiger partial charge in [0.2, 0.25) is 0 Å². The molecule has 4 heteroatoms. The Labute approximate surface area is 102 Å². The second-order valence-electron chi connectivity index (χ2n) is 3.74. The number of aryl methyl sites for hydroxylation is 2. The Balaban J connectivity index is 2.79. The van der Waals surface area contributed by atoms with Crippen molar-refractivity contribution in [3.8, 4) is 0 Å². The van der Waals surface area contributed by atoms with E-state index < -0.39 is 0 Å². The molecular weight excluding hydrogens is 270 g/mol. The molecule has 0 bridgehead atoms. The molecule has 1 aromatic carbocycles. The van der Waals surface area contributed by atoms with E-state index >= 15 is 0 Å². The van der Waals surface area contributed by atoms with Gasteiger partial charge in [-0.2, -0.15) is 0 Å². The summed E-state index contributed by atoms with van der Waals surface area (Å²) in [6.07, 6.45) is 0. The van der Waals surface area contributed by atoms with Crippen molar-refractivity contribution in [2.75, 3.05) is 7.11 Å². The van der Waals surface area contributed by atoms with Crippen molar-refractivity contribution in [1.29, 1.82) is 0 Å². The van der Waals surface area contributed by atoms with E-state index in [1.54, 1.807) is 0 Å². The smallest absolute Gasteiger partial charge is 0.354 e. The largest absolute Gasteiger partial charge is 0.464 e. The summed E-state index contributed by atoms with van der Waals surface area (Å²) in [5.41, 5.74) is 3.52. The van der Waals surface area contributed by atoms with Crippen LogP contribution in [-0.4, -0.2) is 18.1 Å². The summed E-state index contributed by atoms with van der Waals surface area (Å²) >= 11 is 3.54. The van der Waals surface area contributed by atoms with Crippen LogP contribution in [-0.2, 0) is 4.74 Å². The van der Waals surface area contributed by atoms with Crippen molar-refractivity contribution in [2.24, 2.45) is 0 Å². The predicted molar refractivity (Wildman–Crippen MR) is 66.8 cm³/mol. The van der Waals surface area contributed by atoms with Gasteiger partial charge in [-0.3, -0.25) is 0 Å². The van der Waals surface area contributed by atoms with Crippen LogP contribution in [0.1, 0.15) is 21.6 Å². The third-order valence-electron chi connectivity index (χ3n) is 2.73. The molecule has 2 aromatic rings. The zero-order valence-electron chi connectivity index (χ0n) is 9.35. The number of fused-ring (bicyclic) bond motifs is 1. The van der Waals surface area contributed by atoms with E-state index in [0.29, 0.717) is 5.69 Å². The van der Waals surface area contributed by atoms with Crippen LogP contribution >= 0.6 is 15.9 Å². The van der Waals surface area contributed by atoms with Gasteiger partial charge in [0.1, 0.15) is 5.69 Å². The fraction of sp³-hybridized carbons (Fsp3) is 0.250. The molecule has 0 atom stereocenters. The number of ether oxygens (including phenoxy) is 1. The van der Waals surface area contributed by atoms with Crippen LogP contribution in [0.4, 0.5) is 0 Å². The number of nitrogens with one attached hydrogen (secondary N) is 1. The molecule has 1 heterocycles. The Bertz CT molecular complexity index is 572. The molecule has 3 nitrogen and oxygen atoms in total. The minimum absolute atomic E-state index is 0.335. The van der Waals surface area contributed by atoms with Gasteiger partial charge in [-0.1, -0.05) is 6.07 Å². The number of rotatable bonds is 1. The van der Waals surface area contributed by atoms with Gasteiger partial charge in [0, 0.05) is 15.4 Å². The van der Waals surface area contributed by atoms with Crippen LogP contribution in [0.5, 0.6) is 0 Å². The summed E-state index contributed by atoms with van der Waals surface area (Å²) < 4.78 is 5.75. The average molecular weight is 282 g/mol. The van der Waals surface area contributed by atoms with Crippen LogP contribution < -0.4 is 0 Å². The number of carbonyl (C=O) groups is 1. The number of aromatic amines is 1. The van der Waals surface area contributed by atoms with Crippen molar-refractivity contribution in [3.63, 3.8) is 0 Å². The second kappa shape index (κ2) is 3.94. The average Bonchev–Trinajstić information content (AvgIpc) is 2.61. The molecule has 1 aromatic heterocycles. The molecule has 0 aliphatic carbocycles. The normalized spacial score (nSPS) is 10.8. The third-order valence-corrected chi connectivity index (χ3v) is 3.76. The van der Waals surface area contributed by atoms with Crippen LogP contribution in [0.25, 0.3) is 10.9 Å². The molecule has 0 aliphatic rings. The number of hydrogen-bond acceptors (Lipinski definition) is 2. The van der Waals surface area contributed by atoms with Gasteiger partial charge in [0.05, 0.1) is 7.11 Å². The first-order valence-corrected chi connectivity index (χ1v) is 5.71. The quantitative estimate of drug-likeness (QED) is 0.815. The van der Waals surface area contributed by atoms with Crippen molar-refractivity contribution >= 4 is 32.8 Å². The minimum atomic E-state index is -0.335. The van der Waals surface area contributed by atoms with Crippen molar-refractivity contribution in [2.45, 2.75) is 13.8 Å². The number of hydrogen-bond donors (Lipinski definition) is 1. The molecule has 0 fully saturated rings. The number of methoxy groups -OCH3 is 1. The highest BCUT2D eigenvalue weighted by Crippen LogP contribution is 2.31. The number of carbonyl (C=O) groups excluding carboxylic acids is 1. The lowest BCUT2D eigenvalue weighted by molar-refractivity contribution is 0.0594. The molecule has 0 radical (unpaired) electrons. The summed E-state index contributed by atoms with van der Waals surface area (Å²) in [6, 6.07) is 3.97. The van der Waals surface area contributed by atoms with Crippen LogP contribution in [0.15, 0.2) is 16.6 Å². The summed E-state index contributed by atoms with van der Waals surface area (Å²) in [5, 5.41) is 1.04. The van der Waals surface area contributed by atoms with Crippen molar-refractivity contribution in [1.82, 2.24) is 4.98 Å². The van der Waals surface area contributed by atoms with Gasteiger partial charge in [0.15, 0.2) is 0 Å². The predicted octanol–water partition coefficient (Wildman–Crippen LogP) is 3.33. The van der Waals surface area contributed by atoms with E-state index in [1.807, 2.05) is 26.0 Å². The second-order valence-corrected chi connectivity index (χ2v) is 4.53. The number of halogens is 1. The van der Waals surface area contributed by atoms with Crippen LogP contribution in [0, 0.1) is 13.8 Å². The van der Waals surface area contributed by atoms with E-state index in [1.165, 1.54) is 7.11 Å². The van der Waals surface area contributed by atoms with Gasteiger partial charge in [0.25, 0.3) is 0 Å². The lowest BCUT2D eigenvalue weighted by Gasteiger charge is -2.00. The molecular formula is C12H12BrNO2. The van der Waals surface area contributed by atoms with E-state index in [2.05, 4.69) is 20.9 Å². The van der Waals surface area contributed by atoms with Gasteiger partial charge in [-0.15, -0.1) is 0 Å². The first kappa shape index (κ1) is 11.2. The highest BCUT2D eigenvalue weighted by Gasteiger charge is 2.17. The highest BCUT2D eigenvalue weighted by molar-refractivity contribution is 9.10. The lowest BCUT2D eigenvalue weighted by atomic mass is 10.1. The highest BCUT2D eigenvalue weighted by atomic mass is 79.9. The molecule has 0 unspecified atom stereocenters. The topological polar surface area (TPSA) is 42.1 Å². The SMILES string of the molecule is COC(=O)c1[nH]c2ccc(C)c(Br)c2c1C. The molecule has 0 amide bonds. The monoisotopic (exact) mass is 281 g/mol. The van der Waals surface area contributed by atoms with E-state index in [4.69, 9.17) is 4.74 Å². The minimum Gasteiger partial charge on any atom is -0.464 e. The van der Waals surface area contributed by atoms with E-state index in [9.17, 15) is 4.79 Å². The molecule has 0 spiro atoms. The maximum atomic E-state index is 11.5. The summed E-state index contributed by atoms with van der Waals surface area (Å²) in [6.45, 7) is 3.93. The van der Waals surface area contributed by atoms with Gasteiger partial charge in [-0.05, 0) is 47.0 Å². The Morgan fingerprint density at radius 2 is 2.06 bits per heavy atom. The third kappa shape index (κ3) is 1.53. The van der Waals surface area contributed by atoms with Gasteiger partial charge < -0.3 is 9.72 Å². The molecule has 2 rings (SSSR count). The Kier molecular flexibility index (Phi) is 2.76. The zero-order valence-corrected chi connectivity index (χ0v) is 10.9. The molecule has 84 valence electrons. The zero-order chi connectivity index (χ0) is 11.9. The van der Waals surface area contributed by atoms with Crippen LogP contribution in [0.3, 0.4) is 0 Å². The first-order valence-electron chi connectivity index (χ1n) is 4.92. The summed E-state index contributed by atoms with van der Waals surface area (Å²) in [7, 11) is 1.38. The van der Waals surface area contributed by atoms with Gasteiger partial charge >= 0.3 is 5.97 Å².